The quantitative estimate of drug-likeness (QED) is 0.331. The van der Waals surface area contributed by atoms with Crippen LogP contribution in [-0.4, -0.2) is 65.7 Å². The molecule has 2 aliphatic rings. The lowest BCUT2D eigenvalue weighted by atomic mass is 10.00. The second-order valence-electron chi connectivity index (χ2n) is 9.11. The van der Waals surface area contributed by atoms with Crippen LogP contribution in [0.25, 0.3) is 11.3 Å². The van der Waals surface area contributed by atoms with E-state index in [0.717, 1.165) is 24.4 Å². The van der Waals surface area contributed by atoms with Crippen LogP contribution in [0.2, 0.25) is 0 Å². The Bertz CT molecular complexity index is 1500. The van der Waals surface area contributed by atoms with E-state index in [1.807, 2.05) is 4.90 Å². The number of halogens is 3. The molecule has 2 fully saturated rings. The number of imidazole rings is 1. The molecule has 4 aromatic rings. The van der Waals surface area contributed by atoms with E-state index in [9.17, 15) is 23.1 Å². The van der Waals surface area contributed by atoms with Crippen LogP contribution < -0.4 is 10.2 Å². The van der Waals surface area contributed by atoms with E-state index in [1.54, 1.807) is 18.5 Å². The summed E-state index contributed by atoms with van der Waals surface area (Å²) in [7, 11) is 0. The first kappa shape index (κ1) is 24.3. The fraction of sp³-hybridized carbons (Fsp3) is 0.348. The number of piperidine rings is 1. The maximum atomic E-state index is 13.3. The highest BCUT2D eigenvalue weighted by Gasteiger charge is 2.68. The summed E-state index contributed by atoms with van der Waals surface area (Å²) in [5.74, 6) is 1.49. The highest BCUT2D eigenvalue weighted by Crippen LogP contribution is 2.62. The number of nitrogens with zero attached hydrogens (tertiary/aromatic N) is 7. The molecule has 196 valence electrons. The van der Waals surface area contributed by atoms with Crippen molar-refractivity contribution >= 4 is 35.1 Å². The molecule has 4 aromatic heterocycles. The number of amides is 1. The summed E-state index contributed by atoms with van der Waals surface area (Å²) >= 11 is 0.821. The van der Waals surface area contributed by atoms with E-state index in [2.05, 4.69) is 40.2 Å². The zero-order valence-electron chi connectivity index (χ0n) is 19.6. The van der Waals surface area contributed by atoms with Crippen molar-refractivity contribution < 1.29 is 23.1 Å². The average molecular weight is 544 g/mol. The Morgan fingerprint density at radius 1 is 1.16 bits per heavy atom. The molecular formula is C23H20F3N9O2S. The van der Waals surface area contributed by atoms with Gasteiger partial charge >= 0.3 is 12.3 Å². The van der Waals surface area contributed by atoms with Gasteiger partial charge in [0.2, 0.25) is 5.95 Å². The predicted molar refractivity (Wildman–Crippen MR) is 129 cm³/mol. The van der Waals surface area contributed by atoms with E-state index >= 15 is 0 Å². The van der Waals surface area contributed by atoms with Crippen LogP contribution >= 0.6 is 11.8 Å². The van der Waals surface area contributed by atoms with Gasteiger partial charge in [0.1, 0.15) is 10.9 Å². The van der Waals surface area contributed by atoms with Gasteiger partial charge in [-0.05, 0) is 36.5 Å². The molecule has 0 radical (unpaired) electrons. The largest absolute Gasteiger partial charge is 0.465 e. The molecule has 15 heteroatoms. The topological polar surface area (TPSA) is 146 Å². The molecule has 3 atom stereocenters. The SMILES string of the molecule is O=C(O)NCC1(c2ncccn2)C2CCN(c3nc4nc(Sc5cccnc5C(F)(F)F)cnc4[nH]3)CC21. The third-order valence-electron chi connectivity index (χ3n) is 7.07. The Kier molecular flexibility index (Phi) is 5.81. The number of carbonyl (C=O) groups is 1. The zero-order valence-corrected chi connectivity index (χ0v) is 20.4. The van der Waals surface area contributed by atoms with E-state index < -0.39 is 23.4 Å². The third kappa shape index (κ3) is 4.25. The lowest BCUT2D eigenvalue weighted by Gasteiger charge is -2.25. The van der Waals surface area contributed by atoms with Crippen LogP contribution in [0.5, 0.6) is 0 Å². The summed E-state index contributed by atoms with van der Waals surface area (Å²) in [5, 5.41) is 12.0. The number of pyridine rings is 1. The molecule has 0 aromatic carbocycles. The van der Waals surface area contributed by atoms with Crippen molar-refractivity contribution in [2.75, 3.05) is 24.5 Å². The summed E-state index contributed by atoms with van der Waals surface area (Å²) in [6.45, 7) is 1.47. The maximum Gasteiger partial charge on any atom is 0.434 e. The Morgan fingerprint density at radius 2 is 1.95 bits per heavy atom. The molecule has 1 aliphatic carbocycles. The van der Waals surface area contributed by atoms with Crippen LogP contribution in [0.1, 0.15) is 17.9 Å². The van der Waals surface area contributed by atoms with Gasteiger partial charge in [-0.15, -0.1) is 0 Å². The number of aromatic nitrogens is 7. The number of aromatic amines is 1. The normalized spacial score (nSPS) is 22.8. The minimum absolute atomic E-state index is 0.0744. The van der Waals surface area contributed by atoms with Crippen molar-refractivity contribution in [2.45, 2.75) is 27.9 Å². The molecule has 3 unspecified atom stereocenters. The molecule has 5 heterocycles. The standard InChI is InChI=1S/C23H20F3N9O2S/c24-23(25,26)16-14(3-1-5-27-16)38-15-9-30-17-18(32-15)34-20(33-17)35-8-4-12-13(10-35)22(12,11-31-21(36)37)19-28-6-2-7-29-19/h1-3,5-7,9,12-13,31H,4,8,10-11H2,(H,36,37)(H,30,32,33,34). The Balaban J connectivity index is 1.23. The van der Waals surface area contributed by atoms with Crippen LogP contribution in [0.15, 0.2) is 52.9 Å². The van der Waals surface area contributed by atoms with Crippen LogP contribution in [-0.2, 0) is 11.6 Å². The van der Waals surface area contributed by atoms with Gasteiger partial charge in [-0.1, -0.05) is 11.8 Å². The van der Waals surface area contributed by atoms with Crippen molar-refractivity contribution in [2.24, 2.45) is 11.8 Å². The van der Waals surface area contributed by atoms with Crippen LogP contribution in [0.3, 0.4) is 0 Å². The van der Waals surface area contributed by atoms with Crippen LogP contribution in [0.4, 0.5) is 23.9 Å². The van der Waals surface area contributed by atoms with Crippen LogP contribution in [0, 0.1) is 11.8 Å². The molecule has 1 saturated heterocycles. The predicted octanol–water partition coefficient (Wildman–Crippen LogP) is 3.37. The summed E-state index contributed by atoms with van der Waals surface area (Å²) in [6.07, 6.45) is 0.897. The second kappa shape index (κ2) is 9.08. The van der Waals surface area contributed by atoms with Gasteiger partial charge in [-0.25, -0.2) is 24.7 Å². The summed E-state index contributed by atoms with van der Waals surface area (Å²) in [5.41, 5.74) is -0.786. The van der Waals surface area contributed by atoms with E-state index in [4.69, 9.17) is 0 Å². The first-order chi connectivity index (χ1) is 18.3. The van der Waals surface area contributed by atoms with Gasteiger partial charge in [0.25, 0.3) is 0 Å². The molecule has 0 bridgehead atoms. The summed E-state index contributed by atoms with van der Waals surface area (Å²) in [4.78, 5) is 42.0. The molecule has 1 saturated carbocycles. The lowest BCUT2D eigenvalue weighted by Crippen LogP contribution is -2.35. The second-order valence-corrected chi connectivity index (χ2v) is 10.2. The van der Waals surface area contributed by atoms with E-state index in [0.29, 0.717) is 30.5 Å². The zero-order chi connectivity index (χ0) is 26.5. The monoisotopic (exact) mass is 543 g/mol. The number of hydrogen-bond donors (Lipinski definition) is 3. The molecule has 1 aliphatic heterocycles. The highest BCUT2D eigenvalue weighted by atomic mass is 32.2. The first-order valence-electron chi connectivity index (χ1n) is 11.7. The Hall–Kier alpha value is -4.01. The Labute approximate surface area is 217 Å². The van der Waals surface area contributed by atoms with Crippen molar-refractivity contribution in [3.05, 3.63) is 54.5 Å². The van der Waals surface area contributed by atoms with Crippen molar-refractivity contribution in [3.8, 4) is 0 Å². The number of carboxylic acid groups (broad SMARTS) is 1. The average Bonchev–Trinajstić information content (AvgIpc) is 3.35. The molecule has 11 nitrogen and oxygen atoms in total. The minimum atomic E-state index is -4.59. The fourth-order valence-corrected chi connectivity index (χ4v) is 6.24. The number of rotatable bonds is 6. The highest BCUT2D eigenvalue weighted by molar-refractivity contribution is 7.99. The van der Waals surface area contributed by atoms with Crippen molar-refractivity contribution in [3.63, 3.8) is 0 Å². The first-order valence-corrected chi connectivity index (χ1v) is 12.5. The number of anilines is 1. The number of alkyl halides is 3. The Morgan fingerprint density at radius 3 is 2.71 bits per heavy atom. The molecule has 0 spiro atoms. The van der Waals surface area contributed by atoms with E-state index in [-0.39, 0.29) is 33.9 Å². The summed E-state index contributed by atoms with van der Waals surface area (Å²) in [6, 6.07) is 4.49. The minimum Gasteiger partial charge on any atom is -0.465 e. The molecular weight excluding hydrogens is 523 g/mol. The fourth-order valence-electron chi connectivity index (χ4n) is 5.37. The molecule has 1 amide bonds. The maximum absolute atomic E-state index is 13.3. The number of fused-ring (bicyclic) bond motifs is 2. The van der Waals surface area contributed by atoms with Crippen molar-refractivity contribution in [1.29, 1.82) is 0 Å². The van der Waals surface area contributed by atoms with Gasteiger partial charge in [0, 0.05) is 43.1 Å². The lowest BCUT2D eigenvalue weighted by molar-refractivity contribution is -0.143. The van der Waals surface area contributed by atoms with Gasteiger partial charge in [-0.3, -0.25) is 4.98 Å². The summed E-state index contributed by atoms with van der Waals surface area (Å²) < 4.78 is 40.0. The van der Waals surface area contributed by atoms with Gasteiger partial charge in [0.05, 0.1) is 11.6 Å². The molecule has 38 heavy (non-hydrogen) atoms. The number of H-pyrrole nitrogens is 1. The molecule has 3 N–H and O–H groups in total. The van der Waals surface area contributed by atoms with Crippen molar-refractivity contribution in [1.82, 2.24) is 40.2 Å². The van der Waals surface area contributed by atoms with E-state index in [1.165, 1.54) is 18.3 Å². The van der Waals surface area contributed by atoms with Gasteiger partial charge in [-0.2, -0.15) is 18.2 Å². The number of nitrogens with one attached hydrogen (secondary N) is 2. The van der Waals surface area contributed by atoms with Gasteiger partial charge < -0.3 is 20.3 Å². The third-order valence-corrected chi connectivity index (χ3v) is 8.02. The number of hydrogen-bond acceptors (Lipinski definition) is 9. The van der Waals surface area contributed by atoms with Gasteiger partial charge in [0.15, 0.2) is 17.0 Å². The smallest absolute Gasteiger partial charge is 0.434 e. The molecule has 6 rings (SSSR count).